The molecule has 4 atom stereocenters. The van der Waals surface area contributed by atoms with Crippen LogP contribution in [0.3, 0.4) is 0 Å². The van der Waals surface area contributed by atoms with Crippen LogP contribution >= 0.6 is 0 Å². The molecule has 2 rings (SSSR count). The van der Waals surface area contributed by atoms with Crippen molar-refractivity contribution in [2.24, 2.45) is 17.6 Å². The third-order valence-corrected chi connectivity index (χ3v) is 4.79. The maximum absolute atomic E-state index is 12.0. The molecule has 1 saturated carbocycles. The summed E-state index contributed by atoms with van der Waals surface area (Å²) in [6, 6.07) is 0.600. The van der Waals surface area contributed by atoms with E-state index in [2.05, 4.69) is 17.1 Å². The van der Waals surface area contributed by atoms with Crippen LogP contribution in [0.4, 0.5) is 0 Å². The highest BCUT2D eigenvalue weighted by Gasteiger charge is 2.40. The molecule has 1 amide bonds. The maximum atomic E-state index is 12.0. The van der Waals surface area contributed by atoms with Gasteiger partial charge in [0.2, 0.25) is 5.91 Å². The van der Waals surface area contributed by atoms with Gasteiger partial charge in [-0.15, -0.1) is 0 Å². The summed E-state index contributed by atoms with van der Waals surface area (Å²) in [5.41, 5.74) is 5.93. The molecule has 4 heteroatoms. The van der Waals surface area contributed by atoms with Gasteiger partial charge in [0.15, 0.2) is 0 Å². The zero-order valence-electron chi connectivity index (χ0n) is 11.7. The number of carbonyl (C=O) groups excluding carboxylic acids is 1. The zero-order valence-corrected chi connectivity index (χ0v) is 11.7. The Morgan fingerprint density at radius 2 is 2.17 bits per heavy atom. The van der Waals surface area contributed by atoms with Gasteiger partial charge >= 0.3 is 0 Å². The second-order valence-corrected chi connectivity index (χ2v) is 5.99. The number of hydrogen-bond donors (Lipinski definition) is 2. The second-order valence-electron chi connectivity index (χ2n) is 5.99. The molecule has 1 saturated heterocycles. The number of nitrogens with zero attached hydrogens (tertiary/aromatic N) is 1. The fourth-order valence-electron chi connectivity index (χ4n) is 3.73. The fourth-order valence-corrected chi connectivity index (χ4v) is 3.73. The summed E-state index contributed by atoms with van der Waals surface area (Å²) >= 11 is 0. The van der Waals surface area contributed by atoms with Crippen LogP contribution in [-0.4, -0.2) is 43.0 Å². The molecule has 0 aromatic carbocycles. The van der Waals surface area contributed by atoms with Gasteiger partial charge in [-0.1, -0.05) is 13.3 Å². The third kappa shape index (κ3) is 2.69. The molecule has 4 nitrogen and oxygen atoms in total. The number of likely N-dealkylation sites (N-methyl/N-ethyl adjacent to an activating group) is 1. The van der Waals surface area contributed by atoms with Gasteiger partial charge in [0.25, 0.3) is 0 Å². The van der Waals surface area contributed by atoms with Crippen molar-refractivity contribution in [1.82, 2.24) is 10.2 Å². The molecule has 1 heterocycles. The van der Waals surface area contributed by atoms with Crippen LogP contribution < -0.4 is 11.1 Å². The molecule has 0 spiro atoms. The van der Waals surface area contributed by atoms with Gasteiger partial charge in [-0.25, -0.2) is 0 Å². The number of carbonyl (C=O) groups is 1. The molecule has 2 fully saturated rings. The lowest BCUT2D eigenvalue weighted by Gasteiger charge is -2.42. The van der Waals surface area contributed by atoms with E-state index in [-0.39, 0.29) is 11.9 Å². The van der Waals surface area contributed by atoms with Gasteiger partial charge in [0.05, 0.1) is 6.04 Å². The Kier molecular flexibility index (Phi) is 4.62. The van der Waals surface area contributed by atoms with Gasteiger partial charge in [-0.2, -0.15) is 0 Å². The number of hydrogen-bond acceptors (Lipinski definition) is 3. The van der Waals surface area contributed by atoms with E-state index in [0.29, 0.717) is 12.0 Å². The smallest absolute Gasteiger partial charge is 0.237 e. The fraction of sp³-hybridized carbons (Fsp3) is 0.929. The predicted octanol–water partition coefficient (Wildman–Crippen LogP) is 0.960. The molecule has 0 bridgehead atoms. The molecule has 2 aliphatic rings. The van der Waals surface area contributed by atoms with Gasteiger partial charge in [0.1, 0.15) is 0 Å². The first-order valence-corrected chi connectivity index (χ1v) is 7.34. The average molecular weight is 253 g/mol. The number of nitrogens with two attached hydrogens (primary N) is 1. The summed E-state index contributed by atoms with van der Waals surface area (Å²) in [6.45, 7) is 4.14. The highest BCUT2D eigenvalue weighted by atomic mass is 16.2. The van der Waals surface area contributed by atoms with Crippen molar-refractivity contribution in [1.29, 1.82) is 0 Å². The van der Waals surface area contributed by atoms with Gasteiger partial charge in [-0.3, -0.25) is 9.69 Å². The van der Waals surface area contributed by atoms with E-state index in [1.54, 1.807) is 7.05 Å². The van der Waals surface area contributed by atoms with E-state index in [9.17, 15) is 4.79 Å². The van der Waals surface area contributed by atoms with Gasteiger partial charge in [0, 0.05) is 13.1 Å². The number of nitrogens with one attached hydrogen (secondary N) is 1. The molecule has 1 aliphatic carbocycles. The van der Waals surface area contributed by atoms with Crippen LogP contribution in [0, 0.1) is 11.8 Å². The van der Waals surface area contributed by atoms with Crippen LogP contribution in [0.25, 0.3) is 0 Å². The second kappa shape index (κ2) is 6.02. The number of amides is 1. The Labute approximate surface area is 110 Å². The molecule has 0 radical (unpaired) electrons. The van der Waals surface area contributed by atoms with Crippen molar-refractivity contribution >= 4 is 5.91 Å². The van der Waals surface area contributed by atoms with Gasteiger partial charge in [-0.05, 0) is 50.6 Å². The molecule has 0 aromatic heterocycles. The van der Waals surface area contributed by atoms with E-state index in [0.717, 1.165) is 31.8 Å². The topological polar surface area (TPSA) is 58.4 Å². The highest BCUT2D eigenvalue weighted by Crippen LogP contribution is 2.35. The van der Waals surface area contributed by atoms with E-state index in [1.165, 1.54) is 19.3 Å². The summed E-state index contributed by atoms with van der Waals surface area (Å²) in [5, 5.41) is 2.81. The number of rotatable bonds is 3. The monoisotopic (exact) mass is 253 g/mol. The Morgan fingerprint density at radius 3 is 2.83 bits per heavy atom. The van der Waals surface area contributed by atoms with E-state index >= 15 is 0 Å². The Balaban J connectivity index is 2.09. The first kappa shape index (κ1) is 13.8. The van der Waals surface area contributed by atoms with Crippen molar-refractivity contribution in [2.75, 3.05) is 20.1 Å². The molecule has 0 aromatic rings. The molecular formula is C14H27N3O. The molecule has 18 heavy (non-hydrogen) atoms. The quantitative estimate of drug-likeness (QED) is 0.787. The summed E-state index contributed by atoms with van der Waals surface area (Å²) in [7, 11) is 1.74. The lowest BCUT2D eigenvalue weighted by Crippen LogP contribution is -2.52. The molecule has 3 N–H and O–H groups in total. The summed E-state index contributed by atoms with van der Waals surface area (Å²) in [5.74, 6) is 1.52. The van der Waals surface area contributed by atoms with Crippen LogP contribution in [0.2, 0.25) is 0 Å². The molecular weight excluding hydrogens is 226 g/mol. The summed E-state index contributed by atoms with van der Waals surface area (Å²) < 4.78 is 0. The normalized spacial score (nSPS) is 37.7. The van der Waals surface area contributed by atoms with Crippen molar-refractivity contribution in [3.63, 3.8) is 0 Å². The van der Waals surface area contributed by atoms with Crippen molar-refractivity contribution < 1.29 is 4.79 Å². The number of likely N-dealkylation sites (tertiary alicyclic amines) is 1. The van der Waals surface area contributed by atoms with Crippen molar-refractivity contribution in [3.8, 4) is 0 Å². The summed E-state index contributed by atoms with van der Waals surface area (Å²) in [4.78, 5) is 14.4. The van der Waals surface area contributed by atoms with Crippen LogP contribution in [0.15, 0.2) is 0 Å². The summed E-state index contributed by atoms with van der Waals surface area (Å²) in [6.07, 6.45) is 5.85. The van der Waals surface area contributed by atoms with Gasteiger partial charge < -0.3 is 11.1 Å². The van der Waals surface area contributed by atoms with Crippen LogP contribution in [-0.2, 0) is 4.79 Å². The third-order valence-electron chi connectivity index (χ3n) is 4.79. The lowest BCUT2D eigenvalue weighted by molar-refractivity contribution is -0.126. The van der Waals surface area contributed by atoms with E-state index in [4.69, 9.17) is 5.73 Å². The predicted molar refractivity (Wildman–Crippen MR) is 73.1 cm³/mol. The highest BCUT2D eigenvalue weighted by molar-refractivity contribution is 5.81. The standard InChI is InChI=1S/C14H27N3O/c1-10-5-6-11(9-15)13(8-10)17-7-3-4-12(17)14(18)16-2/h10-13H,3-9,15H2,1-2H3,(H,16,18). The Hall–Kier alpha value is -0.610. The Bertz CT molecular complexity index is 295. The average Bonchev–Trinajstić information content (AvgIpc) is 2.86. The van der Waals surface area contributed by atoms with E-state index < -0.39 is 0 Å². The van der Waals surface area contributed by atoms with Crippen molar-refractivity contribution in [2.45, 2.75) is 51.1 Å². The SMILES string of the molecule is CNC(=O)C1CCCN1C1CC(C)CCC1CN. The van der Waals surface area contributed by atoms with Crippen LogP contribution in [0.1, 0.15) is 39.0 Å². The minimum Gasteiger partial charge on any atom is -0.358 e. The lowest BCUT2D eigenvalue weighted by atomic mass is 9.78. The minimum atomic E-state index is 0.0827. The molecule has 1 aliphatic heterocycles. The molecule has 4 unspecified atom stereocenters. The minimum absolute atomic E-state index is 0.0827. The zero-order chi connectivity index (χ0) is 13.1. The Morgan fingerprint density at radius 1 is 1.39 bits per heavy atom. The van der Waals surface area contributed by atoms with E-state index in [1.807, 2.05) is 0 Å². The first-order valence-electron chi connectivity index (χ1n) is 7.34. The molecule has 104 valence electrons. The largest absolute Gasteiger partial charge is 0.358 e. The van der Waals surface area contributed by atoms with Crippen LogP contribution in [0.5, 0.6) is 0 Å². The first-order chi connectivity index (χ1) is 8.67. The maximum Gasteiger partial charge on any atom is 0.237 e. The van der Waals surface area contributed by atoms with Crippen molar-refractivity contribution in [3.05, 3.63) is 0 Å².